The van der Waals surface area contributed by atoms with Crippen LogP contribution in [-0.2, 0) is 5.41 Å². The van der Waals surface area contributed by atoms with Gasteiger partial charge in [-0.05, 0) is 70.1 Å². The predicted molar refractivity (Wildman–Crippen MR) is 234 cm³/mol. The van der Waals surface area contributed by atoms with E-state index in [2.05, 4.69) is 164 Å². The molecule has 58 heavy (non-hydrogen) atoms. The zero-order chi connectivity index (χ0) is 38.2. The minimum absolute atomic E-state index is 0.560. The molecule has 2 aromatic heterocycles. The van der Waals surface area contributed by atoms with Gasteiger partial charge in [-0.25, -0.2) is 15.0 Å². The Hall–Kier alpha value is -7.69. The SMILES string of the molecule is c1ccc(-c2cc(-c3cccc(-c4nc5ccccc5c5cc6c(cc45)-c4ccccc4C64c5ccccc5Oc5ccccc54)c3)nc(-c3ccccc3)n2)cc1. The average Bonchev–Trinajstić information content (AvgIpc) is 3.58. The molecule has 0 unspecified atom stereocenters. The Kier molecular flexibility index (Phi) is 7.11. The van der Waals surface area contributed by atoms with E-state index in [4.69, 9.17) is 19.7 Å². The van der Waals surface area contributed by atoms with Gasteiger partial charge in [0.25, 0.3) is 0 Å². The minimum Gasteiger partial charge on any atom is -0.457 e. The van der Waals surface area contributed by atoms with Crippen LogP contribution in [0.1, 0.15) is 22.3 Å². The normalized spacial score (nSPS) is 13.1. The molecule has 4 nitrogen and oxygen atoms in total. The summed E-state index contributed by atoms with van der Waals surface area (Å²) in [7, 11) is 0. The van der Waals surface area contributed by atoms with Crippen molar-refractivity contribution in [2.24, 2.45) is 0 Å². The molecule has 12 rings (SSSR count). The van der Waals surface area contributed by atoms with Gasteiger partial charge in [0.1, 0.15) is 11.5 Å². The van der Waals surface area contributed by atoms with Crippen molar-refractivity contribution in [3.05, 3.63) is 222 Å². The summed E-state index contributed by atoms with van der Waals surface area (Å²) in [6.45, 7) is 0. The molecule has 0 bridgehead atoms. The Bertz CT molecular complexity index is 3160. The van der Waals surface area contributed by atoms with Gasteiger partial charge >= 0.3 is 0 Å². The Balaban J connectivity index is 1.11. The summed E-state index contributed by atoms with van der Waals surface area (Å²) in [5.74, 6) is 2.46. The second kappa shape index (κ2) is 12.7. The smallest absolute Gasteiger partial charge is 0.160 e. The topological polar surface area (TPSA) is 47.9 Å². The van der Waals surface area contributed by atoms with E-state index in [1.807, 2.05) is 36.4 Å². The summed E-state index contributed by atoms with van der Waals surface area (Å²) < 4.78 is 6.62. The number of rotatable bonds is 4. The van der Waals surface area contributed by atoms with Crippen molar-refractivity contribution in [1.29, 1.82) is 0 Å². The van der Waals surface area contributed by atoms with Crippen LogP contribution in [0.25, 0.3) is 78.0 Å². The van der Waals surface area contributed by atoms with Crippen LogP contribution in [0.3, 0.4) is 0 Å². The van der Waals surface area contributed by atoms with Gasteiger partial charge in [0.05, 0.1) is 28.0 Å². The van der Waals surface area contributed by atoms with E-state index in [-0.39, 0.29) is 0 Å². The quantitative estimate of drug-likeness (QED) is 0.169. The number of benzene rings is 8. The minimum atomic E-state index is -0.560. The van der Waals surface area contributed by atoms with E-state index in [0.29, 0.717) is 5.82 Å². The molecule has 4 heteroatoms. The third-order valence-corrected chi connectivity index (χ3v) is 11.9. The molecule has 0 amide bonds. The monoisotopic (exact) mass is 739 g/mol. The number of hydrogen-bond acceptors (Lipinski definition) is 4. The van der Waals surface area contributed by atoms with E-state index in [9.17, 15) is 0 Å². The van der Waals surface area contributed by atoms with Crippen molar-refractivity contribution in [2.45, 2.75) is 5.41 Å². The maximum absolute atomic E-state index is 6.62. The molecule has 0 radical (unpaired) electrons. The molecular weight excluding hydrogens is 707 g/mol. The van der Waals surface area contributed by atoms with Crippen molar-refractivity contribution in [2.75, 3.05) is 0 Å². The summed E-state index contributed by atoms with van der Waals surface area (Å²) in [5.41, 5.74) is 14.4. The zero-order valence-electron chi connectivity index (χ0n) is 31.3. The van der Waals surface area contributed by atoms with Crippen molar-refractivity contribution in [3.8, 4) is 67.8 Å². The molecule has 10 aromatic rings. The highest BCUT2D eigenvalue weighted by atomic mass is 16.5. The first-order valence-electron chi connectivity index (χ1n) is 19.7. The second-order valence-corrected chi connectivity index (χ2v) is 15.1. The predicted octanol–water partition coefficient (Wildman–Crippen LogP) is 13.3. The first-order chi connectivity index (χ1) is 28.7. The van der Waals surface area contributed by atoms with Crippen LogP contribution in [0.4, 0.5) is 0 Å². The molecule has 1 spiro atoms. The van der Waals surface area contributed by atoms with Crippen LogP contribution in [0.2, 0.25) is 0 Å². The van der Waals surface area contributed by atoms with Crippen LogP contribution in [0.5, 0.6) is 11.5 Å². The lowest BCUT2D eigenvalue weighted by Crippen LogP contribution is -2.32. The van der Waals surface area contributed by atoms with E-state index in [0.717, 1.165) is 83.6 Å². The van der Waals surface area contributed by atoms with Crippen molar-refractivity contribution >= 4 is 21.7 Å². The molecule has 0 saturated heterocycles. The van der Waals surface area contributed by atoms with Gasteiger partial charge in [0, 0.05) is 44.2 Å². The van der Waals surface area contributed by atoms with Crippen LogP contribution in [0, 0.1) is 0 Å². The number of aromatic nitrogens is 3. The molecule has 8 aromatic carbocycles. The number of nitrogens with zero attached hydrogens (tertiary/aromatic N) is 3. The largest absolute Gasteiger partial charge is 0.457 e. The fraction of sp³-hybridized carbons (Fsp3) is 0.0185. The van der Waals surface area contributed by atoms with E-state index in [1.165, 1.54) is 22.3 Å². The van der Waals surface area contributed by atoms with Gasteiger partial charge in [-0.15, -0.1) is 0 Å². The summed E-state index contributed by atoms with van der Waals surface area (Å²) >= 11 is 0. The fourth-order valence-electron chi connectivity index (χ4n) is 9.41. The number of ether oxygens (including phenoxy) is 1. The fourth-order valence-corrected chi connectivity index (χ4v) is 9.41. The first-order valence-corrected chi connectivity index (χ1v) is 19.7. The van der Waals surface area contributed by atoms with Crippen LogP contribution in [-0.4, -0.2) is 15.0 Å². The first kappa shape index (κ1) is 32.5. The van der Waals surface area contributed by atoms with Crippen LogP contribution < -0.4 is 4.74 Å². The molecule has 2 aliphatic rings. The molecule has 0 atom stereocenters. The molecule has 1 aliphatic heterocycles. The third kappa shape index (κ3) is 4.79. The number of para-hydroxylation sites is 3. The lowest BCUT2D eigenvalue weighted by molar-refractivity contribution is 0.436. The maximum Gasteiger partial charge on any atom is 0.160 e. The Morgan fingerprint density at radius 2 is 0.931 bits per heavy atom. The summed E-state index contributed by atoms with van der Waals surface area (Å²) in [4.78, 5) is 15.6. The molecule has 1 aliphatic carbocycles. The van der Waals surface area contributed by atoms with E-state index in [1.54, 1.807) is 0 Å². The number of hydrogen-bond donors (Lipinski definition) is 0. The van der Waals surface area contributed by atoms with Crippen LogP contribution >= 0.6 is 0 Å². The third-order valence-electron chi connectivity index (χ3n) is 11.9. The average molecular weight is 740 g/mol. The maximum atomic E-state index is 6.62. The van der Waals surface area contributed by atoms with Crippen LogP contribution in [0.15, 0.2) is 200 Å². The highest BCUT2D eigenvalue weighted by Crippen LogP contribution is 2.62. The number of fused-ring (bicyclic) bond motifs is 12. The van der Waals surface area contributed by atoms with Crippen molar-refractivity contribution in [1.82, 2.24) is 15.0 Å². The molecule has 270 valence electrons. The summed E-state index contributed by atoms with van der Waals surface area (Å²) in [6.07, 6.45) is 0. The van der Waals surface area contributed by atoms with Gasteiger partial charge < -0.3 is 4.74 Å². The highest BCUT2D eigenvalue weighted by molar-refractivity contribution is 6.13. The lowest BCUT2D eigenvalue weighted by Gasteiger charge is -2.39. The van der Waals surface area contributed by atoms with Gasteiger partial charge in [-0.1, -0.05) is 158 Å². The zero-order valence-corrected chi connectivity index (χ0v) is 31.3. The van der Waals surface area contributed by atoms with E-state index >= 15 is 0 Å². The van der Waals surface area contributed by atoms with Gasteiger partial charge in [0.2, 0.25) is 0 Å². The standard InChI is InChI=1S/C54H33N3O/c1-3-16-34(17-4-1)48-33-49(57-53(56-48)35-18-5-2-6-19-35)36-20-15-21-37(30-36)52-42-31-41-38-22-7-9-24-43(38)54(46(41)32-40(42)39-23-8-12-27-47(39)55-52)44-25-10-13-28-50(44)58-51-29-14-11-26-45(51)54/h1-33H. The highest BCUT2D eigenvalue weighted by Gasteiger charge is 2.51. The van der Waals surface area contributed by atoms with Crippen molar-refractivity contribution in [3.63, 3.8) is 0 Å². The summed E-state index contributed by atoms with van der Waals surface area (Å²) in [5, 5.41) is 3.39. The molecule has 0 saturated carbocycles. The van der Waals surface area contributed by atoms with Gasteiger partial charge in [0.15, 0.2) is 5.82 Å². The Morgan fingerprint density at radius 3 is 1.69 bits per heavy atom. The second-order valence-electron chi connectivity index (χ2n) is 15.1. The molecule has 0 N–H and O–H groups in total. The number of pyridine rings is 1. The molecular formula is C54H33N3O. The molecule has 3 heterocycles. The van der Waals surface area contributed by atoms with E-state index < -0.39 is 5.41 Å². The van der Waals surface area contributed by atoms with Gasteiger partial charge in [-0.2, -0.15) is 0 Å². The Labute approximate surface area is 335 Å². The molecule has 0 fully saturated rings. The Morgan fingerprint density at radius 1 is 0.345 bits per heavy atom. The van der Waals surface area contributed by atoms with Crippen molar-refractivity contribution < 1.29 is 4.74 Å². The summed E-state index contributed by atoms with van der Waals surface area (Å²) in [6, 6.07) is 70.6. The van der Waals surface area contributed by atoms with Gasteiger partial charge in [-0.3, -0.25) is 0 Å². The lowest BCUT2D eigenvalue weighted by atomic mass is 9.66.